The quantitative estimate of drug-likeness (QED) is 0.103. The van der Waals surface area contributed by atoms with Gasteiger partial charge in [0.25, 0.3) is 10.1 Å². The Morgan fingerprint density at radius 1 is 0.688 bits per heavy atom. The molecule has 0 heterocycles. The van der Waals surface area contributed by atoms with E-state index in [4.69, 9.17) is 4.55 Å². The van der Waals surface area contributed by atoms with Crippen LogP contribution in [-0.2, 0) is 21.3 Å². The molecule has 1 atom stereocenters. The zero-order valence-corrected chi connectivity index (χ0v) is 28.6. The average molecular weight is 660 g/mol. The molecule has 5 aromatic rings. The van der Waals surface area contributed by atoms with Crippen LogP contribution in [0.5, 0.6) is 0 Å². The molecular weight excluding hydrogens is 619 g/mol. The molecule has 0 aliphatic rings. The third kappa shape index (κ3) is 8.94. The molecule has 6 nitrogen and oxygen atoms in total. The summed E-state index contributed by atoms with van der Waals surface area (Å²) in [6.45, 7) is 8.35. The van der Waals surface area contributed by atoms with Gasteiger partial charge in [-0.15, -0.1) is 0 Å². The molecule has 0 radical (unpaired) electrons. The lowest BCUT2D eigenvalue weighted by Crippen LogP contribution is -2.23. The maximum atomic E-state index is 14.0. The van der Waals surface area contributed by atoms with Crippen LogP contribution in [0.25, 0.3) is 22.3 Å². The van der Waals surface area contributed by atoms with Crippen molar-refractivity contribution in [3.63, 3.8) is 0 Å². The molecule has 0 fully saturated rings. The molecule has 48 heavy (non-hydrogen) atoms. The summed E-state index contributed by atoms with van der Waals surface area (Å²) in [6.07, 6.45) is 0.469. The van der Waals surface area contributed by atoms with E-state index in [1.807, 2.05) is 48.5 Å². The third-order valence-electron chi connectivity index (χ3n) is 8.69. The van der Waals surface area contributed by atoms with Crippen LogP contribution >= 0.6 is 0 Å². The standard InChI is InChI=1S/C41H41NO5S/c1-27-7-21-37(29(3)24-27)32-13-15-34(16-14-32)39(26-31-9-11-35(12-10-31)40(43)6-5-23-48(45,46)47)41(44)42-36-19-17-33(18-20-36)38-22-8-28(2)25-30(38)4/h7-22,24-25,39H,5-6,23,26H2,1-4H3,(H,42,44)(H,45,46,47). The number of ketones is 1. The highest BCUT2D eigenvalue weighted by Crippen LogP contribution is 2.30. The van der Waals surface area contributed by atoms with Crippen LogP contribution in [0.15, 0.2) is 109 Å². The first-order valence-electron chi connectivity index (χ1n) is 16.1. The first kappa shape index (κ1) is 34.5. The van der Waals surface area contributed by atoms with Crippen LogP contribution in [0.3, 0.4) is 0 Å². The summed E-state index contributed by atoms with van der Waals surface area (Å²) < 4.78 is 31.0. The molecular formula is C41H41NO5S. The molecule has 7 heteroatoms. The van der Waals surface area contributed by atoms with Crippen LogP contribution in [0, 0.1) is 27.7 Å². The molecule has 1 amide bonds. The first-order valence-corrected chi connectivity index (χ1v) is 17.7. The second-order valence-corrected chi connectivity index (χ2v) is 14.2. The molecule has 0 bridgehead atoms. The maximum Gasteiger partial charge on any atom is 0.264 e. The fourth-order valence-electron chi connectivity index (χ4n) is 6.12. The molecule has 0 spiro atoms. The Morgan fingerprint density at radius 2 is 1.21 bits per heavy atom. The molecule has 1 unspecified atom stereocenters. The number of carbonyl (C=O) groups is 2. The number of Topliss-reactive ketones (excluding diaryl/α,β-unsaturated/α-hetero) is 1. The maximum absolute atomic E-state index is 14.0. The van der Waals surface area contributed by atoms with Crippen molar-refractivity contribution in [2.75, 3.05) is 11.1 Å². The van der Waals surface area contributed by atoms with Crippen LogP contribution in [0.1, 0.15) is 62.5 Å². The summed E-state index contributed by atoms with van der Waals surface area (Å²) in [5, 5.41) is 3.13. The highest BCUT2D eigenvalue weighted by atomic mass is 32.2. The van der Waals surface area contributed by atoms with Crippen molar-refractivity contribution < 1.29 is 22.6 Å². The third-order valence-corrected chi connectivity index (χ3v) is 9.49. The second-order valence-electron chi connectivity index (χ2n) is 12.6. The predicted molar refractivity (Wildman–Crippen MR) is 194 cm³/mol. The number of benzene rings is 5. The summed E-state index contributed by atoms with van der Waals surface area (Å²) in [5.74, 6) is -1.30. The van der Waals surface area contributed by atoms with E-state index in [9.17, 15) is 18.0 Å². The van der Waals surface area contributed by atoms with Gasteiger partial charge in [-0.3, -0.25) is 14.1 Å². The zero-order valence-electron chi connectivity index (χ0n) is 27.8. The number of aryl methyl sites for hydroxylation is 4. The summed E-state index contributed by atoms with van der Waals surface area (Å²) >= 11 is 0. The van der Waals surface area contributed by atoms with Gasteiger partial charge in [0, 0.05) is 17.7 Å². The topological polar surface area (TPSA) is 101 Å². The normalized spacial score (nSPS) is 12.0. The van der Waals surface area contributed by atoms with E-state index in [1.54, 1.807) is 12.1 Å². The van der Waals surface area contributed by atoms with Crippen molar-refractivity contribution in [3.8, 4) is 22.3 Å². The van der Waals surface area contributed by atoms with Gasteiger partial charge in [-0.2, -0.15) is 8.42 Å². The number of carbonyl (C=O) groups excluding carboxylic acids is 2. The SMILES string of the molecule is Cc1ccc(-c2ccc(NC(=O)C(Cc3ccc(C(=O)CCCS(=O)(=O)O)cc3)c3ccc(-c4ccc(C)cc4C)cc3)cc2)c(C)c1. The van der Waals surface area contributed by atoms with E-state index in [2.05, 4.69) is 81.5 Å². The number of rotatable bonds is 12. The summed E-state index contributed by atoms with van der Waals surface area (Å²) in [4.78, 5) is 26.5. The molecule has 0 aromatic heterocycles. The van der Waals surface area contributed by atoms with Gasteiger partial charge in [-0.1, -0.05) is 108 Å². The lowest BCUT2D eigenvalue weighted by molar-refractivity contribution is -0.117. The van der Waals surface area contributed by atoms with Crippen LogP contribution < -0.4 is 5.32 Å². The van der Waals surface area contributed by atoms with E-state index in [-0.39, 0.29) is 24.5 Å². The van der Waals surface area contributed by atoms with Crippen LogP contribution in [0.2, 0.25) is 0 Å². The van der Waals surface area contributed by atoms with Gasteiger partial charge in [0.15, 0.2) is 5.78 Å². The molecule has 0 saturated heterocycles. The highest BCUT2D eigenvalue weighted by molar-refractivity contribution is 7.85. The number of amides is 1. The lowest BCUT2D eigenvalue weighted by atomic mass is 9.89. The molecule has 5 rings (SSSR count). The molecule has 0 aliphatic carbocycles. The zero-order chi connectivity index (χ0) is 34.4. The monoisotopic (exact) mass is 659 g/mol. The molecule has 0 aliphatic heterocycles. The van der Waals surface area contributed by atoms with Crippen molar-refractivity contribution in [1.29, 1.82) is 0 Å². The van der Waals surface area contributed by atoms with Crippen molar-refractivity contribution >= 4 is 27.5 Å². The van der Waals surface area contributed by atoms with Gasteiger partial charge in [-0.05, 0) is 97.2 Å². The molecule has 0 saturated carbocycles. The Kier molecular flexibility index (Phi) is 10.7. The Balaban J connectivity index is 1.37. The number of anilines is 1. The minimum atomic E-state index is -4.11. The fourth-order valence-corrected chi connectivity index (χ4v) is 6.63. The Bertz CT molecular complexity index is 2030. The van der Waals surface area contributed by atoms with Gasteiger partial charge in [0.2, 0.25) is 5.91 Å². The molecule has 5 aromatic carbocycles. The van der Waals surface area contributed by atoms with Crippen LogP contribution in [-0.4, -0.2) is 30.4 Å². The first-order chi connectivity index (χ1) is 22.9. The van der Waals surface area contributed by atoms with Crippen molar-refractivity contribution in [3.05, 3.63) is 148 Å². The second kappa shape index (κ2) is 14.9. The van der Waals surface area contributed by atoms with Gasteiger partial charge < -0.3 is 5.32 Å². The van der Waals surface area contributed by atoms with E-state index in [1.165, 1.54) is 22.3 Å². The summed E-state index contributed by atoms with van der Waals surface area (Å²) in [6, 6.07) is 35.9. The van der Waals surface area contributed by atoms with Gasteiger partial charge >= 0.3 is 0 Å². The minimum absolute atomic E-state index is 0.0131. The van der Waals surface area contributed by atoms with Crippen molar-refractivity contribution in [2.24, 2.45) is 0 Å². The van der Waals surface area contributed by atoms with Crippen LogP contribution in [0.4, 0.5) is 5.69 Å². The molecule has 246 valence electrons. The predicted octanol–water partition coefficient (Wildman–Crippen LogP) is 9.07. The van der Waals surface area contributed by atoms with Gasteiger partial charge in [0.1, 0.15) is 0 Å². The largest absolute Gasteiger partial charge is 0.326 e. The Labute approximate surface area is 283 Å². The minimum Gasteiger partial charge on any atom is -0.326 e. The van der Waals surface area contributed by atoms with Crippen molar-refractivity contribution in [2.45, 2.75) is 52.9 Å². The lowest BCUT2D eigenvalue weighted by Gasteiger charge is -2.19. The number of nitrogens with one attached hydrogen (secondary N) is 1. The average Bonchev–Trinajstić information content (AvgIpc) is 3.04. The van der Waals surface area contributed by atoms with E-state index < -0.39 is 21.8 Å². The van der Waals surface area contributed by atoms with Crippen molar-refractivity contribution in [1.82, 2.24) is 0 Å². The highest BCUT2D eigenvalue weighted by Gasteiger charge is 2.22. The Hall–Kier alpha value is -4.85. The van der Waals surface area contributed by atoms with E-state index in [0.29, 0.717) is 17.7 Å². The summed E-state index contributed by atoms with van der Waals surface area (Å²) in [5.41, 5.74) is 12.2. The smallest absolute Gasteiger partial charge is 0.264 e. The Morgan fingerprint density at radius 3 is 1.71 bits per heavy atom. The number of hydrogen-bond acceptors (Lipinski definition) is 4. The van der Waals surface area contributed by atoms with Gasteiger partial charge in [-0.25, -0.2) is 0 Å². The fraction of sp³-hybridized carbons (Fsp3) is 0.220. The number of hydrogen-bond donors (Lipinski definition) is 2. The van der Waals surface area contributed by atoms with E-state index >= 15 is 0 Å². The molecule has 2 N–H and O–H groups in total. The summed E-state index contributed by atoms with van der Waals surface area (Å²) in [7, 11) is -4.11. The van der Waals surface area contributed by atoms with Gasteiger partial charge in [0.05, 0.1) is 11.7 Å². The van der Waals surface area contributed by atoms with E-state index in [0.717, 1.165) is 33.4 Å².